The molecular weight excluding hydrogens is 565 g/mol. The molecule has 4 aromatic rings. The summed E-state index contributed by atoms with van der Waals surface area (Å²) < 4.78 is 24.0. The standard InChI is InChI=1S/C37H40FN5O2/c1-21-13-30-36(43(19-21)35-24-16-31(35)40-18-24)29-15-23(8-5-11-39)32(28-17-26(44)14-22-7-3-4-10-27(22)28)33(38)34(29)41-37(30)45-20-25-9-6-12-42(25)2/h3-4,7,10,14-15,17,21,24-25,31,35,40,44H,5-6,8-9,12-13,16,18-20H2,1-2H3/t21?,24?,25-,31?,35?/m0/s1. The summed E-state index contributed by atoms with van der Waals surface area (Å²) in [6.07, 6.45) is 4.90. The van der Waals surface area contributed by atoms with Crippen LogP contribution in [0.4, 0.5) is 10.1 Å². The Hall–Kier alpha value is -3.93. The fraction of sp³-hybridized carbons (Fsp3) is 0.459. The number of aromatic hydroxyl groups is 1. The van der Waals surface area contributed by atoms with Gasteiger partial charge >= 0.3 is 0 Å². The summed E-state index contributed by atoms with van der Waals surface area (Å²) in [6.45, 7) is 5.80. The highest BCUT2D eigenvalue weighted by molar-refractivity contribution is 6.04. The van der Waals surface area contributed by atoms with Crippen LogP contribution in [0.1, 0.15) is 43.7 Å². The number of anilines is 1. The number of fused-ring (bicyclic) bond motifs is 5. The molecule has 4 aliphatic heterocycles. The van der Waals surface area contributed by atoms with E-state index in [2.05, 4.69) is 41.2 Å². The van der Waals surface area contributed by atoms with Crippen LogP contribution in [0.15, 0.2) is 42.5 Å². The third-order valence-corrected chi connectivity index (χ3v) is 10.8. The SMILES string of the molecule is CC1Cc2c(OC[C@@H]3CCCN3C)nc3c(F)c(-c4cc(O)cc5ccccc45)c(CCC#N)cc3c2N(C2C3CNC2C3)C1. The minimum absolute atomic E-state index is 0.0747. The molecule has 5 atom stereocenters. The minimum Gasteiger partial charge on any atom is -0.508 e. The molecule has 5 heterocycles. The number of pyridine rings is 1. The van der Waals surface area contributed by atoms with Crippen LogP contribution in [0, 0.1) is 29.0 Å². The summed E-state index contributed by atoms with van der Waals surface area (Å²) in [4.78, 5) is 9.90. The Kier molecular flexibility index (Phi) is 7.07. The average molecular weight is 606 g/mol. The van der Waals surface area contributed by atoms with Gasteiger partial charge in [0, 0.05) is 54.1 Å². The summed E-state index contributed by atoms with van der Waals surface area (Å²) in [7, 11) is 2.14. The Labute approximate surface area is 263 Å². The van der Waals surface area contributed by atoms with Crippen LogP contribution >= 0.6 is 0 Å². The Morgan fingerprint density at radius 3 is 2.82 bits per heavy atom. The van der Waals surface area contributed by atoms with Crippen molar-refractivity contribution in [2.24, 2.45) is 11.8 Å². The molecule has 3 saturated heterocycles. The van der Waals surface area contributed by atoms with Crippen molar-refractivity contribution in [3.05, 3.63) is 59.4 Å². The van der Waals surface area contributed by atoms with E-state index in [0.29, 0.717) is 65.5 Å². The maximum Gasteiger partial charge on any atom is 0.219 e. The third kappa shape index (κ3) is 4.71. The number of aromatic nitrogens is 1. The second-order valence-electron chi connectivity index (χ2n) is 13.8. The Morgan fingerprint density at radius 1 is 1.20 bits per heavy atom. The number of ether oxygens (including phenoxy) is 1. The Morgan fingerprint density at radius 2 is 2.07 bits per heavy atom. The third-order valence-electron chi connectivity index (χ3n) is 10.8. The van der Waals surface area contributed by atoms with Gasteiger partial charge in [0.1, 0.15) is 17.9 Å². The van der Waals surface area contributed by atoms with E-state index in [4.69, 9.17) is 9.72 Å². The van der Waals surface area contributed by atoms with E-state index in [1.165, 1.54) is 6.42 Å². The van der Waals surface area contributed by atoms with Gasteiger partial charge in [0.25, 0.3) is 0 Å². The highest BCUT2D eigenvalue weighted by atomic mass is 19.1. The summed E-state index contributed by atoms with van der Waals surface area (Å²) in [5.41, 5.74) is 4.20. The molecule has 1 saturated carbocycles. The lowest BCUT2D eigenvalue weighted by molar-refractivity contribution is 0.191. The second kappa shape index (κ2) is 11.1. The maximum atomic E-state index is 17.4. The number of rotatable bonds is 7. The fourth-order valence-electron chi connectivity index (χ4n) is 8.62. The zero-order valence-electron chi connectivity index (χ0n) is 26.0. The number of hydrogen-bond acceptors (Lipinski definition) is 7. The van der Waals surface area contributed by atoms with E-state index in [1.807, 2.05) is 24.3 Å². The molecular formula is C37H40FN5O2. The van der Waals surface area contributed by atoms with Gasteiger partial charge in [0.15, 0.2) is 5.82 Å². The van der Waals surface area contributed by atoms with Crippen molar-refractivity contribution in [2.45, 2.75) is 63.6 Å². The van der Waals surface area contributed by atoms with Crippen molar-refractivity contribution >= 4 is 27.4 Å². The van der Waals surface area contributed by atoms with E-state index in [1.54, 1.807) is 12.1 Å². The van der Waals surface area contributed by atoms with Crippen molar-refractivity contribution in [1.82, 2.24) is 15.2 Å². The number of aryl methyl sites for hydroxylation is 1. The van der Waals surface area contributed by atoms with Crippen LogP contribution < -0.4 is 15.0 Å². The van der Waals surface area contributed by atoms with Crippen molar-refractivity contribution in [3.8, 4) is 28.8 Å². The van der Waals surface area contributed by atoms with Gasteiger partial charge in [-0.05, 0) is 97.6 Å². The highest BCUT2D eigenvalue weighted by Crippen LogP contribution is 2.49. The predicted molar refractivity (Wildman–Crippen MR) is 175 cm³/mol. The van der Waals surface area contributed by atoms with Gasteiger partial charge in [-0.1, -0.05) is 31.2 Å². The van der Waals surface area contributed by atoms with Crippen LogP contribution in [0.3, 0.4) is 0 Å². The van der Waals surface area contributed by atoms with Gasteiger partial charge in [-0.25, -0.2) is 9.37 Å². The number of likely N-dealkylation sites (N-methyl/N-ethyl adjacent to an activating group) is 1. The van der Waals surface area contributed by atoms with Gasteiger partial charge in [-0.2, -0.15) is 5.26 Å². The highest BCUT2D eigenvalue weighted by Gasteiger charge is 2.51. The molecule has 3 aromatic carbocycles. The molecule has 1 aliphatic carbocycles. The van der Waals surface area contributed by atoms with Crippen molar-refractivity contribution in [2.75, 3.05) is 38.2 Å². The van der Waals surface area contributed by atoms with Crippen molar-refractivity contribution < 1.29 is 14.2 Å². The number of phenols is 1. The lowest BCUT2D eigenvalue weighted by atomic mass is 9.76. The van der Waals surface area contributed by atoms with Gasteiger partial charge < -0.3 is 25.0 Å². The average Bonchev–Trinajstić information content (AvgIpc) is 3.77. The molecule has 4 fully saturated rings. The lowest BCUT2D eigenvalue weighted by Crippen LogP contribution is -2.57. The van der Waals surface area contributed by atoms with E-state index in [0.717, 1.165) is 71.9 Å². The maximum absolute atomic E-state index is 17.4. The number of phenolic OH excluding ortho intramolecular Hbond substituents is 1. The molecule has 45 heavy (non-hydrogen) atoms. The number of nitrogens with zero attached hydrogens (tertiary/aromatic N) is 4. The molecule has 5 aliphatic rings. The van der Waals surface area contributed by atoms with E-state index in [-0.39, 0.29) is 12.2 Å². The summed E-state index contributed by atoms with van der Waals surface area (Å²) in [5.74, 6) is 1.19. The Bertz CT molecular complexity index is 1840. The zero-order chi connectivity index (χ0) is 30.8. The number of halogens is 1. The molecule has 4 unspecified atom stereocenters. The molecule has 232 valence electrons. The number of nitriles is 1. The number of benzene rings is 3. The van der Waals surface area contributed by atoms with Crippen molar-refractivity contribution in [1.29, 1.82) is 5.26 Å². The van der Waals surface area contributed by atoms with Gasteiger partial charge in [0.05, 0.1) is 11.8 Å². The normalized spacial score (nSPS) is 25.8. The van der Waals surface area contributed by atoms with Gasteiger partial charge in [0.2, 0.25) is 5.88 Å². The first-order valence-corrected chi connectivity index (χ1v) is 16.5. The topological polar surface area (TPSA) is 84.6 Å². The van der Waals surface area contributed by atoms with Crippen LogP contribution in [0.2, 0.25) is 0 Å². The molecule has 9 rings (SSSR count). The van der Waals surface area contributed by atoms with Crippen LogP contribution in [0.5, 0.6) is 11.6 Å². The minimum atomic E-state index is -0.421. The molecule has 0 radical (unpaired) electrons. The molecule has 0 spiro atoms. The quantitative estimate of drug-likeness (QED) is 0.260. The summed E-state index contributed by atoms with van der Waals surface area (Å²) >= 11 is 0. The number of nitrogens with one attached hydrogen (secondary N) is 1. The monoisotopic (exact) mass is 605 g/mol. The van der Waals surface area contributed by atoms with Gasteiger partial charge in [-0.3, -0.25) is 0 Å². The summed E-state index contributed by atoms with van der Waals surface area (Å²) in [6, 6.07) is 16.5. The van der Waals surface area contributed by atoms with Crippen molar-refractivity contribution in [3.63, 3.8) is 0 Å². The first-order valence-electron chi connectivity index (χ1n) is 16.5. The Balaban J connectivity index is 1.38. The van der Waals surface area contributed by atoms with Gasteiger partial charge in [-0.15, -0.1) is 0 Å². The molecule has 2 bridgehead atoms. The van der Waals surface area contributed by atoms with E-state index >= 15 is 4.39 Å². The first-order chi connectivity index (χ1) is 21.9. The fourth-order valence-corrected chi connectivity index (χ4v) is 8.62. The van der Waals surface area contributed by atoms with E-state index in [9.17, 15) is 10.4 Å². The molecule has 8 heteroatoms. The zero-order valence-corrected chi connectivity index (χ0v) is 26.0. The lowest BCUT2D eigenvalue weighted by Gasteiger charge is -2.48. The number of hydrogen-bond donors (Lipinski definition) is 2. The molecule has 0 amide bonds. The molecule has 2 N–H and O–H groups in total. The smallest absolute Gasteiger partial charge is 0.219 e. The second-order valence-corrected chi connectivity index (χ2v) is 13.8. The first kappa shape index (κ1) is 28.5. The molecule has 7 nitrogen and oxygen atoms in total. The summed E-state index contributed by atoms with van der Waals surface area (Å²) in [5, 5.41) is 26.5. The predicted octanol–water partition coefficient (Wildman–Crippen LogP) is 6.19. The van der Waals surface area contributed by atoms with Crippen LogP contribution in [-0.2, 0) is 12.8 Å². The number of likely N-dealkylation sites (tertiary alicyclic amines) is 1. The van der Waals surface area contributed by atoms with Crippen LogP contribution in [0.25, 0.3) is 32.8 Å². The molecule has 1 aromatic heterocycles. The largest absolute Gasteiger partial charge is 0.508 e. The van der Waals surface area contributed by atoms with Crippen LogP contribution in [-0.4, -0.2) is 66.4 Å². The van der Waals surface area contributed by atoms with E-state index < -0.39 is 5.82 Å².